The first-order valence-corrected chi connectivity index (χ1v) is 7.76. The summed E-state index contributed by atoms with van der Waals surface area (Å²) >= 11 is 3.56. The highest BCUT2D eigenvalue weighted by Gasteiger charge is 2.39. The molecular weight excluding hydrogens is 306 g/mol. The molecule has 1 aliphatic carbocycles. The zero-order valence-corrected chi connectivity index (χ0v) is 13.5. The third kappa shape index (κ3) is 2.92. The first-order chi connectivity index (χ1) is 9.13. The molecule has 1 aliphatic rings. The van der Waals surface area contributed by atoms with Gasteiger partial charge in [-0.05, 0) is 55.0 Å². The fourth-order valence-electron chi connectivity index (χ4n) is 2.59. The first-order valence-electron chi connectivity index (χ1n) is 6.96. The minimum absolute atomic E-state index is 0.284. The Kier molecular flexibility index (Phi) is 4.79. The van der Waals surface area contributed by atoms with Crippen molar-refractivity contribution in [1.82, 2.24) is 9.97 Å². The van der Waals surface area contributed by atoms with Gasteiger partial charge in [0, 0.05) is 13.7 Å². The summed E-state index contributed by atoms with van der Waals surface area (Å²) in [5.74, 6) is 1.71. The number of aromatic nitrogens is 2. The van der Waals surface area contributed by atoms with Gasteiger partial charge < -0.3 is 10.1 Å². The van der Waals surface area contributed by atoms with Gasteiger partial charge in [0.05, 0.1) is 10.2 Å². The van der Waals surface area contributed by atoms with Gasteiger partial charge in [0.15, 0.2) is 5.82 Å². The second-order valence-corrected chi connectivity index (χ2v) is 5.92. The molecule has 0 spiro atoms. The van der Waals surface area contributed by atoms with Gasteiger partial charge in [0.2, 0.25) is 0 Å². The molecule has 4 nitrogen and oxygen atoms in total. The molecule has 0 saturated heterocycles. The van der Waals surface area contributed by atoms with Gasteiger partial charge in [-0.2, -0.15) is 0 Å². The summed E-state index contributed by atoms with van der Waals surface area (Å²) in [6.45, 7) is 5.06. The van der Waals surface area contributed by atoms with E-state index in [9.17, 15) is 0 Å². The molecule has 19 heavy (non-hydrogen) atoms. The third-order valence-electron chi connectivity index (χ3n) is 3.77. The van der Waals surface area contributed by atoms with Crippen LogP contribution in [0.4, 0.5) is 5.82 Å². The average Bonchev–Trinajstić information content (AvgIpc) is 2.90. The summed E-state index contributed by atoms with van der Waals surface area (Å²) in [5, 5.41) is 3.36. The van der Waals surface area contributed by atoms with Gasteiger partial charge in [0.25, 0.3) is 0 Å². The Hall–Kier alpha value is -0.680. The number of nitrogens with one attached hydrogen (secondary N) is 1. The van der Waals surface area contributed by atoms with Crippen molar-refractivity contribution in [3.8, 4) is 0 Å². The number of hydrogen-bond donors (Lipinski definition) is 1. The van der Waals surface area contributed by atoms with Crippen LogP contribution in [0.5, 0.6) is 0 Å². The minimum Gasteiger partial charge on any atom is -0.370 e. The van der Waals surface area contributed by atoms with E-state index >= 15 is 0 Å². The van der Waals surface area contributed by atoms with E-state index in [1.165, 1.54) is 12.8 Å². The summed E-state index contributed by atoms with van der Waals surface area (Å²) in [7, 11) is 1.77. The molecular formula is C14H22BrN3O. The number of anilines is 1. The Balaban J connectivity index is 2.37. The second-order valence-electron chi connectivity index (χ2n) is 5.13. The van der Waals surface area contributed by atoms with Crippen molar-refractivity contribution in [2.45, 2.75) is 51.6 Å². The Morgan fingerprint density at radius 1 is 1.32 bits per heavy atom. The van der Waals surface area contributed by atoms with Crippen LogP contribution in [0.3, 0.4) is 0 Å². The number of halogens is 1. The molecule has 0 amide bonds. The van der Waals surface area contributed by atoms with Crippen LogP contribution in [0, 0.1) is 6.92 Å². The number of rotatable bonds is 5. The largest absolute Gasteiger partial charge is 0.370 e. The van der Waals surface area contributed by atoms with Crippen molar-refractivity contribution >= 4 is 21.7 Å². The van der Waals surface area contributed by atoms with Gasteiger partial charge in [-0.15, -0.1) is 0 Å². The molecule has 0 aromatic carbocycles. The van der Waals surface area contributed by atoms with E-state index in [1.54, 1.807) is 7.11 Å². The lowest BCUT2D eigenvalue weighted by atomic mass is 10.0. The molecule has 0 atom stereocenters. The van der Waals surface area contributed by atoms with Crippen LogP contribution in [0.2, 0.25) is 0 Å². The number of nitrogens with zero attached hydrogens (tertiary/aromatic N) is 2. The van der Waals surface area contributed by atoms with Crippen molar-refractivity contribution in [3.63, 3.8) is 0 Å². The maximum absolute atomic E-state index is 5.77. The average molecular weight is 328 g/mol. The molecule has 1 heterocycles. The molecule has 0 unspecified atom stereocenters. The molecule has 1 saturated carbocycles. The van der Waals surface area contributed by atoms with Crippen LogP contribution in [-0.2, 0) is 10.3 Å². The topological polar surface area (TPSA) is 47.0 Å². The number of methoxy groups -OCH3 is 1. The van der Waals surface area contributed by atoms with Crippen LogP contribution in [0.25, 0.3) is 0 Å². The molecule has 1 aromatic heterocycles. The van der Waals surface area contributed by atoms with Gasteiger partial charge in [-0.3, -0.25) is 0 Å². The Morgan fingerprint density at radius 2 is 2.00 bits per heavy atom. The van der Waals surface area contributed by atoms with Crippen LogP contribution in [0.15, 0.2) is 4.47 Å². The van der Waals surface area contributed by atoms with Crippen molar-refractivity contribution < 1.29 is 4.74 Å². The molecule has 0 bridgehead atoms. The van der Waals surface area contributed by atoms with Crippen molar-refractivity contribution in [2.75, 3.05) is 19.0 Å². The fraction of sp³-hybridized carbons (Fsp3) is 0.714. The lowest BCUT2D eigenvalue weighted by Gasteiger charge is -2.26. The Morgan fingerprint density at radius 3 is 2.58 bits per heavy atom. The standard InChI is InChI=1S/C14H22BrN3O/c1-4-9-16-12-11(15)10(2)17-13(18-12)14(19-3)7-5-6-8-14/h4-9H2,1-3H3,(H,16,17,18). The smallest absolute Gasteiger partial charge is 0.162 e. The lowest BCUT2D eigenvalue weighted by molar-refractivity contribution is -0.0163. The van der Waals surface area contributed by atoms with Gasteiger partial charge >= 0.3 is 0 Å². The second kappa shape index (κ2) is 6.18. The zero-order chi connectivity index (χ0) is 13.9. The zero-order valence-electron chi connectivity index (χ0n) is 11.9. The molecule has 1 fully saturated rings. The van der Waals surface area contributed by atoms with E-state index in [4.69, 9.17) is 9.72 Å². The van der Waals surface area contributed by atoms with E-state index in [0.29, 0.717) is 0 Å². The quantitative estimate of drug-likeness (QED) is 0.893. The third-order valence-corrected chi connectivity index (χ3v) is 4.72. The highest BCUT2D eigenvalue weighted by molar-refractivity contribution is 9.10. The van der Waals surface area contributed by atoms with Crippen molar-refractivity contribution in [1.29, 1.82) is 0 Å². The Labute approximate surface area is 123 Å². The molecule has 1 aromatic rings. The summed E-state index contributed by atoms with van der Waals surface area (Å²) < 4.78 is 6.72. The Bertz CT molecular complexity index is 445. The number of hydrogen-bond acceptors (Lipinski definition) is 4. The maximum atomic E-state index is 5.77. The molecule has 5 heteroatoms. The van der Waals surface area contributed by atoms with E-state index in [-0.39, 0.29) is 5.60 Å². The van der Waals surface area contributed by atoms with Crippen molar-refractivity contribution in [2.24, 2.45) is 0 Å². The molecule has 0 radical (unpaired) electrons. The van der Waals surface area contributed by atoms with Gasteiger partial charge in [0.1, 0.15) is 11.4 Å². The first kappa shape index (κ1) is 14.7. The highest BCUT2D eigenvalue weighted by Crippen LogP contribution is 2.41. The number of aryl methyl sites for hydroxylation is 1. The highest BCUT2D eigenvalue weighted by atomic mass is 79.9. The van der Waals surface area contributed by atoms with Crippen LogP contribution < -0.4 is 5.32 Å². The summed E-state index contributed by atoms with van der Waals surface area (Å²) in [4.78, 5) is 9.35. The normalized spacial score (nSPS) is 17.7. The van der Waals surface area contributed by atoms with E-state index in [1.807, 2.05) is 6.92 Å². The van der Waals surface area contributed by atoms with E-state index in [0.717, 1.165) is 47.6 Å². The molecule has 1 N–H and O–H groups in total. The van der Waals surface area contributed by atoms with Crippen LogP contribution in [0.1, 0.15) is 50.5 Å². The predicted molar refractivity (Wildman–Crippen MR) is 80.4 cm³/mol. The lowest BCUT2D eigenvalue weighted by Crippen LogP contribution is -2.28. The van der Waals surface area contributed by atoms with Crippen LogP contribution in [-0.4, -0.2) is 23.6 Å². The minimum atomic E-state index is -0.284. The molecule has 0 aliphatic heterocycles. The van der Waals surface area contributed by atoms with Gasteiger partial charge in [-0.25, -0.2) is 9.97 Å². The van der Waals surface area contributed by atoms with E-state index in [2.05, 4.69) is 33.2 Å². The molecule has 106 valence electrons. The summed E-state index contributed by atoms with van der Waals surface area (Å²) in [6, 6.07) is 0. The number of ether oxygens (including phenoxy) is 1. The maximum Gasteiger partial charge on any atom is 0.162 e. The monoisotopic (exact) mass is 327 g/mol. The van der Waals surface area contributed by atoms with Crippen LogP contribution >= 0.6 is 15.9 Å². The summed E-state index contributed by atoms with van der Waals surface area (Å²) in [5.41, 5.74) is 0.681. The fourth-order valence-corrected chi connectivity index (χ4v) is 2.91. The van der Waals surface area contributed by atoms with Gasteiger partial charge in [-0.1, -0.05) is 6.92 Å². The predicted octanol–water partition coefficient (Wildman–Crippen LogP) is 3.79. The van der Waals surface area contributed by atoms with E-state index < -0.39 is 0 Å². The summed E-state index contributed by atoms with van der Waals surface area (Å²) in [6.07, 6.45) is 5.46. The molecule has 2 rings (SSSR count). The SMILES string of the molecule is CCCNc1nc(C2(OC)CCCC2)nc(C)c1Br. The van der Waals surface area contributed by atoms with Crippen molar-refractivity contribution in [3.05, 3.63) is 16.0 Å².